The lowest BCUT2D eigenvalue weighted by atomic mass is 9.95. The lowest BCUT2D eigenvalue weighted by molar-refractivity contribution is -0.147. The summed E-state index contributed by atoms with van der Waals surface area (Å²) in [7, 11) is 0. The van der Waals surface area contributed by atoms with E-state index in [2.05, 4.69) is 21.3 Å². The van der Waals surface area contributed by atoms with Crippen LogP contribution in [0.3, 0.4) is 0 Å². The minimum atomic E-state index is -1.31. The Kier molecular flexibility index (Phi) is 18.5. The number of carboxylic acids is 1. The van der Waals surface area contributed by atoms with E-state index < -0.39 is 83.7 Å². The third-order valence-electron chi connectivity index (χ3n) is 13.1. The summed E-state index contributed by atoms with van der Waals surface area (Å²) in [5.74, 6) is -5.51. The third kappa shape index (κ3) is 13.1. The molecule has 5 rings (SSSR count). The summed E-state index contributed by atoms with van der Waals surface area (Å²) in [6, 6.07) is 7.55. The van der Waals surface area contributed by atoms with Gasteiger partial charge in [-0.1, -0.05) is 76.6 Å². The fourth-order valence-electron chi connectivity index (χ4n) is 9.07. The molecule has 3 saturated heterocycles. The van der Waals surface area contributed by atoms with E-state index in [9.17, 15) is 48.6 Å². The number of aliphatic carboxylic acids is 1. The van der Waals surface area contributed by atoms with Crippen molar-refractivity contribution in [2.75, 3.05) is 26.2 Å². The molecule has 0 bridgehead atoms. The molecule has 0 spiro atoms. The van der Waals surface area contributed by atoms with Gasteiger partial charge in [-0.05, 0) is 86.6 Å². The van der Waals surface area contributed by atoms with Crippen molar-refractivity contribution in [3.05, 3.63) is 65.7 Å². The second-order valence-corrected chi connectivity index (χ2v) is 18.1. The molecule has 8 atom stereocenters. The molecule has 66 heavy (non-hydrogen) atoms. The molecular formula is C48H68N8O10. The number of amides is 7. The number of hydrogen-bond acceptors (Lipinski definition) is 10. The molecule has 2 aromatic rings. The Morgan fingerprint density at radius 1 is 0.667 bits per heavy atom. The SMILES string of the molecule is CC[C@H](C)[C@H](NC(=O)[C@@H]1CCCN1C(=O)[C@@H]1CCCN1C(=O)CCCN)C(=O)N[C@H](C(=O)N1CCC[C@H]1C(=O)N[C@@H](Cc1ccc(O)cc1)C(=O)N[C@@H](Cc1ccccc1)C(=O)O)C(C)C. The zero-order valence-electron chi connectivity index (χ0n) is 38.6. The van der Waals surface area contributed by atoms with Gasteiger partial charge in [-0.2, -0.15) is 0 Å². The van der Waals surface area contributed by atoms with Crippen LogP contribution in [0.25, 0.3) is 0 Å². The Morgan fingerprint density at radius 3 is 1.83 bits per heavy atom. The number of nitrogens with one attached hydrogen (secondary N) is 4. The van der Waals surface area contributed by atoms with Crippen LogP contribution < -0.4 is 27.0 Å². The summed E-state index contributed by atoms with van der Waals surface area (Å²) >= 11 is 0. The smallest absolute Gasteiger partial charge is 0.326 e. The average molecular weight is 917 g/mol. The van der Waals surface area contributed by atoms with E-state index in [4.69, 9.17) is 5.73 Å². The quantitative estimate of drug-likeness (QED) is 0.0947. The Balaban J connectivity index is 1.28. The number of likely N-dealkylation sites (tertiary alicyclic amines) is 3. The van der Waals surface area contributed by atoms with Crippen LogP contribution in [-0.2, 0) is 51.2 Å². The average Bonchev–Trinajstić information content (AvgIpc) is 4.11. The van der Waals surface area contributed by atoms with Gasteiger partial charge in [0.15, 0.2) is 0 Å². The molecule has 3 aliphatic heterocycles. The molecular weight excluding hydrogens is 849 g/mol. The largest absolute Gasteiger partial charge is 0.508 e. The maximum atomic E-state index is 14.4. The van der Waals surface area contributed by atoms with E-state index in [0.717, 1.165) is 0 Å². The number of carbonyl (C=O) groups is 8. The minimum Gasteiger partial charge on any atom is -0.508 e. The molecule has 8 N–H and O–H groups in total. The Hall–Kier alpha value is -6.04. The van der Waals surface area contributed by atoms with Crippen molar-refractivity contribution >= 4 is 47.3 Å². The number of hydrogen-bond donors (Lipinski definition) is 7. The molecule has 3 heterocycles. The van der Waals surface area contributed by atoms with E-state index in [1.54, 1.807) is 61.2 Å². The van der Waals surface area contributed by atoms with Crippen LogP contribution in [0.1, 0.15) is 96.6 Å². The number of aromatic hydroxyl groups is 1. The molecule has 0 unspecified atom stereocenters. The van der Waals surface area contributed by atoms with Gasteiger partial charge in [-0.3, -0.25) is 33.6 Å². The number of rotatable bonds is 21. The molecule has 3 fully saturated rings. The summed E-state index contributed by atoms with van der Waals surface area (Å²) in [4.78, 5) is 114. The molecule has 0 aliphatic carbocycles. The van der Waals surface area contributed by atoms with Crippen molar-refractivity contribution in [1.82, 2.24) is 36.0 Å². The predicted octanol–water partition coefficient (Wildman–Crippen LogP) is 1.62. The topological polar surface area (TPSA) is 261 Å². The first kappa shape index (κ1) is 51.0. The van der Waals surface area contributed by atoms with Crippen molar-refractivity contribution in [2.45, 2.75) is 141 Å². The van der Waals surface area contributed by atoms with Crippen LogP contribution in [0.4, 0.5) is 0 Å². The van der Waals surface area contributed by atoms with Crippen LogP contribution in [0.2, 0.25) is 0 Å². The first-order valence-electron chi connectivity index (χ1n) is 23.4. The molecule has 18 nitrogen and oxygen atoms in total. The zero-order valence-corrected chi connectivity index (χ0v) is 38.6. The Labute approximate surface area is 386 Å². The number of carbonyl (C=O) groups excluding carboxylic acids is 7. The van der Waals surface area contributed by atoms with Gasteiger partial charge in [0.25, 0.3) is 0 Å². The fourth-order valence-corrected chi connectivity index (χ4v) is 9.07. The minimum absolute atomic E-state index is 0.00450. The van der Waals surface area contributed by atoms with Crippen LogP contribution in [0, 0.1) is 11.8 Å². The van der Waals surface area contributed by atoms with Crippen molar-refractivity contribution in [1.29, 1.82) is 0 Å². The number of phenols is 1. The maximum Gasteiger partial charge on any atom is 0.326 e. The summed E-state index contributed by atoms with van der Waals surface area (Å²) in [5, 5.41) is 31.0. The first-order valence-corrected chi connectivity index (χ1v) is 23.4. The van der Waals surface area contributed by atoms with E-state index in [-0.39, 0.29) is 55.7 Å². The van der Waals surface area contributed by atoms with Gasteiger partial charge >= 0.3 is 5.97 Å². The van der Waals surface area contributed by atoms with Gasteiger partial charge in [-0.25, -0.2) is 4.79 Å². The molecule has 2 aromatic carbocycles. The van der Waals surface area contributed by atoms with E-state index in [0.29, 0.717) is 75.7 Å². The third-order valence-corrected chi connectivity index (χ3v) is 13.1. The lowest BCUT2D eigenvalue weighted by Gasteiger charge is -2.34. The summed E-state index contributed by atoms with van der Waals surface area (Å²) in [6.07, 6.45) is 4.05. The maximum absolute atomic E-state index is 14.4. The Morgan fingerprint density at radius 2 is 1.23 bits per heavy atom. The highest BCUT2D eigenvalue weighted by Crippen LogP contribution is 2.27. The summed E-state index contributed by atoms with van der Waals surface area (Å²) < 4.78 is 0. The molecule has 0 radical (unpaired) electrons. The molecule has 3 aliphatic rings. The number of nitrogens with zero attached hydrogens (tertiary/aromatic N) is 3. The highest BCUT2D eigenvalue weighted by Gasteiger charge is 2.44. The van der Waals surface area contributed by atoms with Gasteiger partial charge in [0, 0.05) is 38.9 Å². The van der Waals surface area contributed by atoms with Crippen molar-refractivity contribution in [2.24, 2.45) is 17.6 Å². The number of carboxylic acid groups (broad SMARTS) is 1. The summed E-state index contributed by atoms with van der Waals surface area (Å²) in [5.41, 5.74) is 6.87. The van der Waals surface area contributed by atoms with Crippen molar-refractivity contribution in [3.8, 4) is 5.75 Å². The van der Waals surface area contributed by atoms with Gasteiger partial charge in [0.1, 0.15) is 48.0 Å². The van der Waals surface area contributed by atoms with Gasteiger partial charge in [0.05, 0.1) is 0 Å². The molecule has 7 amide bonds. The summed E-state index contributed by atoms with van der Waals surface area (Å²) in [6.45, 7) is 8.55. The van der Waals surface area contributed by atoms with E-state index in [1.807, 2.05) is 13.8 Å². The van der Waals surface area contributed by atoms with Crippen LogP contribution in [-0.4, -0.2) is 141 Å². The normalized spacial score (nSPS) is 20.5. The standard InChI is InChI=1S/C48H68N8O10/c1-5-30(4)41(53-44(61)37-16-10-25-55(37)46(63)38-17-12-24-54(38)39(58)18-9-23-49)45(62)52-40(29(2)3)47(64)56-26-11-15-36(56)43(60)50-34(27-32-19-21-33(57)22-20-32)42(59)51-35(48(65)66)28-31-13-7-6-8-14-31/h6-8,13-14,19-22,29-30,34-38,40-41,57H,5,9-12,15-18,23-28,49H2,1-4H3,(H,50,60)(H,51,59)(H,52,62)(H,53,61)(H,65,66)/t30-,34-,35-,36-,37-,38-,40-,41-/m0/s1. The number of benzene rings is 2. The fraction of sp³-hybridized carbons (Fsp3) is 0.583. The highest BCUT2D eigenvalue weighted by molar-refractivity contribution is 5.98. The van der Waals surface area contributed by atoms with Crippen LogP contribution >= 0.6 is 0 Å². The van der Waals surface area contributed by atoms with Crippen molar-refractivity contribution in [3.63, 3.8) is 0 Å². The van der Waals surface area contributed by atoms with E-state index in [1.165, 1.54) is 21.9 Å². The predicted molar refractivity (Wildman–Crippen MR) is 244 cm³/mol. The second kappa shape index (κ2) is 23.9. The van der Waals surface area contributed by atoms with Gasteiger partial charge in [-0.15, -0.1) is 0 Å². The van der Waals surface area contributed by atoms with Crippen molar-refractivity contribution < 1.29 is 48.6 Å². The molecule has 18 heteroatoms. The van der Waals surface area contributed by atoms with Crippen LogP contribution in [0.5, 0.6) is 5.75 Å². The van der Waals surface area contributed by atoms with Gasteiger partial charge in [0.2, 0.25) is 41.4 Å². The van der Waals surface area contributed by atoms with Crippen LogP contribution in [0.15, 0.2) is 54.6 Å². The Bertz CT molecular complexity index is 2030. The molecule has 0 saturated carbocycles. The van der Waals surface area contributed by atoms with Gasteiger partial charge < -0.3 is 51.9 Å². The monoisotopic (exact) mass is 917 g/mol. The zero-order chi connectivity index (χ0) is 48.1. The first-order chi connectivity index (χ1) is 31.5. The number of phenolic OH excluding ortho intramolecular Hbond substituents is 1. The molecule has 360 valence electrons. The lowest BCUT2D eigenvalue weighted by Crippen LogP contribution is -2.61. The van der Waals surface area contributed by atoms with E-state index >= 15 is 0 Å². The molecule has 0 aromatic heterocycles. The highest BCUT2D eigenvalue weighted by atomic mass is 16.4. The second-order valence-electron chi connectivity index (χ2n) is 18.1. The number of nitrogens with two attached hydrogens (primary N) is 1.